The lowest BCUT2D eigenvalue weighted by Gasteiger charge is -2.36. The van der Waals surface area contributed by atoms with E-state index in [1.54, 1.807) is 0 Å². The van der Waals surface area contributed by atoms with Crippen LogP contribution < -0.4 is 5.73 Å². The number of rotatable bonds is 5. The van der Waals surface area contributed by atoms with Gasteiger partial charge >= 0.3 is 5.97 Å². The van der Waals surface area contributed by atoms with E-state index < -0.39 is 21.7 Å². The van der Waals surface area contributed by atoms with Gasteiger partial charge in [-0.15, -0.1) is 0 Å². The molecule has 0 aromatic carbocycles. The molecule has 17 heavy (non-hydrogen) atoms. The van der Waals surface area contributed by atoms with Crippen LogP contribution in [0.15, 0.2) is 0 Å². The molecule has 1 rings (SSSR count). The van der Waals surface area contributed by atoms with Crippen LogP contribution in [0.1, 0.15) is 25.7 Å². The van der Waals surface area contributed by atoms with Crippen LogP contribution in [0, 0.1) is 5.92 Å². The largest absolute Gasteiger partial charge is 0.480 e. The highest BCUT2D eigenvalue weighted by molar-refractivity contribution is 7.89. The molecule has 3 N–H and O–H groups in total. The fourth-order valence-corrected chi connectivity index (χ4v) is 3.61. The van der Waals surface area contributed by atoms with Crippen LogP contribution in [0.2, 0.25) is 0 Å². The van der Waals surface area contributed by atoms with Crippen molar-refractivity contribution in [1.29, 1.82) is 0 Å². The maximum Gasteiger partial charge on any atom is 0.320 e. The predicted molar refractivity (Wildman–Crippen MR) is 64.0 cm³/mol. The number of nitrogens with two attached hydrogens (primary N) is 1. The Morgan fingerprint density at radius 1 is 1.41 bits per heavy atom. The third kappa shape index (κ3) is 3.65. The summed E-state index contributed by atoms with van der Waals surface area (Å²) in [6, 6.07) is -0.155. The zero-order chi connectivity index (χ0) is 13.1. The predicted octanol–water partition coefficient (Wildman–Crippen LogP) is -0.150. The SMILES string of the molecule is CN(C1CCCCC1CN)S(=O)(=O)CC(=O)O. The van der Waals surface area contributed by atoms with E-state index in [9.17, 15) is 13.2 Å². The van der Waals surface area contributed by atoms with E-state index in [1.165, 1.54) is 11.4 Å². The molecule has 1 aliphatic rings. The van der Waals surface area contributed by atoms with Gasteiger partial charge in [0.1, 0.15) is 0 Å². The van der Waals surface area contributed by atoms with Gasteiger partial charge in [-0.25, -0.2) is 12.7 Å². The number of sulfonamides is 1. The monoisotopic (exact) mass is 264 g/mol. The lowest BCUT2D eigenvalue weighted by molar-refractivity contribution is -0.134. The first-order chi connectivity index (χ1) is 7.88. The number of hydrogen-bond acceptors (Lipinski definition) is 4. The molecule has 0 amide bonds. The number of carboxylic acids is 1. The molecule has 0 aromatic rings. The van der Waals surface area contributed by atoms with Crippen LogP contribution in [-0.2, 0) is 14.8 Å². The summed E-state index contributed by atoms with van der Waals surface area (Å²) in [4.78, 5) is 10.5. The normalized spacial score (nSPS) is 26.1. The molecular formula is C10H20N2O4S. The minimum atomic E-state index is -3.72. The second kappa shape index (κ2) is 5.79. The minimum Gasteiger partial charge on any atom is -0.480 e. The van der Waals surface area contributed by atoms with Gasteiger partial charge in [-0.2, -0.15) is 0 Å². The number of hydrogen-bond donors (Lipinski definition) is 2. The highest BCUT2D eigenvalue weighted by Gasteiger charge is 2.34. The zero-order valence-corrected chi connectivity index (χ0v) is 10.8. The highest BCUT2D eigenvalue weighted by Crippen LogP contribution is 2.28. The van der Waals surface area contributed by atoms with Gasteiger partial charge < -0.3 is 10.8 Å². The van der Waals surface area contributed by atoms with E-state index in [0.717, 1.165) is 25.7 Å². The maximum absolute atomic E-state index is 11.8. The van der Waals surface area contributed by atoms with E-state index in [4.69, 9.17) is 10.8 Å². The second-order valence-electron chi connectivity index (χ2n) is 4.51. The van der Waals surface area contributed by atoms with Crippen molar-refractivity contribution in [3.8, 4) is 0 Å². The number of nitrogens with zero attached hydrogens (tertiary/aromatic N) is 1. The first-order valence-corrected chi connectivity index (χ1v) is 7.37. The average Bonchev–Trinajstić information content (AvgIpc) is 2.26. The fraction of sp³-hybridized carbons (Fsp3) is 0.900. The van der Waals surface area contributed by atoms with E-state index in [1.807, 2.05) is 0 Å². The van der Waals surface area contributed by atoms with Crippen molar-refractivity contribution in [1.82, 2.24) is 4.31 Å². The van der Waals surface area contributed by atoms with Crippen LogP contribution >= 0.6 is 0 Å². The summed E-state index contributed by atoms with van der Waals surface area (Å²) in [5.41, 5.74) is 5.64. The molecule has 1 fully saturated rings. The summed E-state index contributed by atoms with van der Waals surface area (Å²) in [5.74, 6) is -2.04. The molecular weight excluding hydrogens is 244 g/mol. The standard InChI is InChI=1S/C10H20N2O4S/c1-12(17(15,16)7-10(13)14)9-5-3-2-4-8(9)6-11/h8-9H,2-7,11H2,1H3,(H,13,14). The Balaban J connectivity index is 2.79. The number of aliphatic carboxylic acids is 1. The molecule has 0 bridgehead atoms. The first kappa shape index (κ1) is 14.4. The zero-order valence-electron chi connectivity index (χ0n) is 10.0. The van der Waals surface area contributed by atoms with Gasteiger partial charge in [-0.05, 0) is 25.3 Å². The van der Waals surface area contributed by atoms with Crippen LogP contribution in [0.5, 0.6) is 0 Å². The molecule has 6 nitrogen and oxygen atoms in total. The van der Waals surface area contributed by atoms with Crippen molar-refractivity contribution >= 4 is 16.0 Å². The lowest BCUT2D eigenvalue weighted by atomic mass is 9.85. The van der Waals surface area contributed by atoms with Crippen molar-refractivity contribution in [2.24, 2.45) is 11.7 Å². The van der Waals surface area contributed by atoms with Crippen molar-refractivity contribution in [2.45, 2.75) is 31.7 Å². The average molecular weight is 264 g/mol. The van der Waals surface area contributed by atoms with Crippen LogP contribution in [0.25, 0.3) is 0 Å². The summed E-state index contributed by atoms with van der Waals surface area (Å²) >= 11 is 0. The van der Waals surface area contributed by atoms with Crippen LogP contribution in [0.3, 0.4) is 0 Å². The molecule has 2 atom stereocenters. The molecule has 1 aliphatic carbocycles. The first-order valence-electron chi connectivity index (χ1n) is 5.76. The lowest BCUT2D eigenvalue weighted by Crippen LogP contribution is -2.47. The molecule has 0 saturated heterocycles. The Labute approximate surface area is 102 Å². The Kier molecular flexibility index (Phi) is 4.91. The molecule has 0 aliphatic heterocycles. The highest BCUT2D eigenvalue weighted by atomic mass is 32.2. The third-order valence-electron chi connectivity index (χ3n) is 3.38. The Bertz CT molecular complexity index is 369. The fourth-order valence-electron chi connectivity index (χ4n) is 2.41. The summed E-state index contributed by atoms with van der Waals surface area (Å²) in [5, 5.41) is 8.59. The smallest absolute Gasteiger partial charge is 0.320 e. The molecule has 0 spiro atoms. The van der Waals surface area contributed by atoms with Gasteiger partial charge in [0.25, 0.3) is 0 Å². The van der Waals surface area contributed by atoms with Gasteiger partial charge in [0.05, 0.1) is 0 Å². The molecule has 0 heterocycles. The minimum absolute atomic E-state index is 0.136. The Hall–Kier alpha value is -0.660. The van der Waals surface area contributed by atoms with Crippen molar-refractivity contribution in [3.63, 3.8) is 0 Å². The van der Waals surface area contributed by atoms with Crippen LogP contribution in [0.4, 0.5) is 0 Å². The van der Waals surface area contributed by atoms with Crippen LogP contribution in [-0.4, -0.2) is 49.2 Å². The van der Waals surface area contributed by atoms with Crippen molar-refractivity contribution in [2.75, 3.05) is 19.3 Å². The molecule has 0 aromatic heterocycles. The van der Waals surface area contributed by atoms with E-state index in [2.05, 4.69) is 0 Å². The summed E-state index contributed by atoms with van der Waals surface area (Å²) < 4.78 is 24.8. The quantitative estimate of drug-likeness (QED) is 0.719. The van der Waals surface area contributed by atoms with Crippen molar-refractivity contribution < 1.29 is 18.3 Å². The third-order valence-corrected chi connectivity index (χ3v) is 5.14. The Morgan fingerprint density at radius 3 is 2.53 bits per heavy atom. The van der Waals surface area contributed by atoms with Gasteiger partial charge in [0.15, 0.2) is 5.75 Å². The van der Waals surface area contributed by atoms with Gasteiger partial charge in [0, 0.05) is 13.1 Å². The van der Waals surface area contributed by atoms with Crippen molar-refractivity contribution in [3.05, 3.63) is 0 Å². The maximum atomic E-state index is 11.8. The van der Waals surface area contributed by atoms with Gasteiger partial charge in [-0.3, -0.25) is 4.79 Å². The number of carbonyl (C=O) groups is 1. The summed E-state index contributed by atoms with van der Waals surface area (Å²) in [6.07, 6.45) is 3.70. The Morgan fingerprint density at radius 2 is 2.00 bits per heavy atom. The van der Waals surface area contributed by atoms with Gasteiger partial charge in [0.2, 0.25) is 10.0 Å². The number of carboxylic acid groups (broad SMARTS) is 1. The molecule has 7 heteroatoms. The molecule has 100 valence electrons. The van der Waals surface area contributed by atoms with E-state index in [-0.39, 0.29) is 12.0 Å². The second-order valence-corrected chi connectivity index (χ2v) is 6.54. The molecule has 1 saturated carbocycles. The van der Waals surface area contributed by atoms with E-state index in [0.29, 0.717) is 6.54 Å². The summed E-state index contributed by atoms with van der Waals surface area (Å²) in [7, 11) is -2.27. The van der Waals surface area contributed by atoms with E-state index >= 15 is 0 Å². The molecule has 2 unspecified atom stereocenters. The molecule has 0 radical (unpaired) electrons. The summed E-state index contributed by atoms with van der Waals surface area (Å²) in [6.45, 7) is 0.442. The van der Waals surface area contributed by atoms with Gasteiger partial charge in [-0.1, -0.05) is 12.8 Å². The topological polar surface area (TPSA) is 101 Å².